The van der Waals surface area contributed by atoms with Crippen molar-refractivity contribution in [1.82, 2.24) is 4.98 Å². The van der Waals surface area contributed by atoms with Crippen LogP contribution in [0.1, 0.15) is 11.1 Å². The molecule has 0 aliphatic carbocycles. The molecule has 1 aromatic heterocycles. The number of pyridine rings is 1. The zero-order valence-corrected chi connectivity index (χ0v) is 10.3. The molecule has 0 saturated heterocycles. The van der Waals surface area contributed by atoms with Crippen LogP contribution in [0.25, 0.3) is 0 Å². The van der Waals surface area contributed by atoms with Gasteiger partial charge in [-0.15, -0.1) is 0 Å². The minimum Gasteiger partial charge on any atom is -0.507 e. The zero-order valence-electron chi connectivity index (χ0n) is 10.3. The summed E-state index contributed by atoms with van der Waals surface area (Å²) in [6.45, 7) is 1.97. The highest BCUT2D eigenvalue weighted by atomic mass is 16.5. The first-order chi connectivity index (χ1) is 8.69. The molecular formula is C14H14N2O2. The van der Waals surface area contributed by atoms with E-state index in [1.807, 2.05) is 19.1 Å². The number of benzene rings is 1. The van der Waals surface area contributed by atoms with Gasteiger partial charge in [-0.2, -0.15) is 0 Å². The van der Waals surface area contributed by atoms with Crippen molar-refractivity contribution in [2.45, 2.75) is 6.92 Å². The molecular weight excluding hydrogens is 228 g/mol. The average Bonchev–Trinajstić information content (AvgIpc) is 2.40. The monoisotopic (exact) mass is 242 g/mol. The third-order valence-electron chi connectivity index (χ3n) is 2.47. The third kappa shape index (κ3) is 2.85. The zero-order chi connectivity index (χ0) is 13.0. The van der Waals surface area contributed by atoms with Gasteiger partial charge in [0.2, 0.25) is 0 Å². The molecule has 4 nitrogen and oxygen atoms in total. The molecule has 18 heavy (non-hydrogen) atoms. The number of phenolic OH excluding ortho intramolecular Hbond substituents is 1. The van der Waals surface area contributed by atoms with Crippen LogP contribution >= 0.6 is 0 Å². The molecule has 0 radical (unpaired) electrons. The Balaban J connectivity index is 2.25. The SMILES string of the molecule is COc1ccc(O)c(C=Nc2ccc(C)cn2)c1. The van der Waals surface area contributed by atoms with E-state index < -0.39 is 0 Å². The summed E-state index contributed by atoms with van der Waals surface area (Å²) in [5, 5.41) is 9.69. The number of methoxy groups -OCH3 is 1. The number of hydrogen-bond donors (Lipinski definition) is 1. The van der Waals surface area contributed by atoms with E-state index in [4.69, 9.17) is 4.74 Å². The van der Waals surface area contributed by atoms with Gasteiger partial charge in [0, 0.05) is 18.0 Å². The van der Waals surface area contributed by atoms with Crippen LogP contribution in [0, 0.1) is 6.92 Å². The van der Waals surface area contributed by atoms with E-state index in [1.54, 1.807) is 37.7 Å². The van der Waals surface area contributed by atoms with Gasteiger partial charge in [-0.25, -0.2) is 9.98 Å². The Morgan fingerprint density at radius 1 is 1.28 bits per heavy atom. The van der Waals surface area contributed by atoms with Crippen molar-refractivity contribution >= 4 is 12.0 Å². The summed E-state index contributed by atoms with van der Waals surface area (Å²) in [5.41, 5.74) is 1.68. The highest BCUT2D eigenvalue weighted by Crippen LogP contribution is 2.21. The first kappa shape index (κ1) is 12.1. The van der Waals surface area contributed by atoms with Crippen LogP contribution in [0.2, 0.25) is 0 Å². The van der Waals surface area contributed by atoms with E-state index >= 15 is 0 Å². The lowest BCUT2D eigenvalue weighted by Crippen LogP contribution is -1.87. The molecule has 0 unspecified atom stereocenters. The number of nitrogens with zero attached hydrogens (tertiary/aromatic N) is 2. The van der Waals surface area contributed by atoms with Crippen molar-refractivity contribution in [2.24, 2.45) is 4.99 Å². The molecule has 0 bridgehead atoms. The summed E-state index contributed by atoms with van der Waals surface area (Å²) < 4.78 is 5.09. The van der Waals surface area contributed by atoms with Crippen molar-refractivity contribution in [3.8, 4) is 11.5 Å². The van der Waals surface area contributed by atoms with Gasteiger partial charge in [-0.3, -0.25) is 0 Å². The second-order valence-electron chi connectivity index (χ2n) is 3.88. The van der Waals surface area contributed by atoms with Crippen molar-refractivity contribution < 1.29 is 9.84 Å². The molecule has 0 atom stereocenters. The molecule has 0 saturated carbocycles. The second kappa shape index (κ2) is 5.31. The summed E-state index contributed by atoms with van der Waals surface area (Å²) in [7, 11) is 1.58. The van der Waals surface area contributed by atoms with E-state index in [1.165, 1.54) is 0 Å². The number of phenols is 1. The fraction of sp³-hybridized carbons (Fsp3) is 0.143. The van der Waals surface area contributed by atoms with Gasteiger partial charge in [0.05, 0.1) is 7.11 Å². The molecule has 0 spiro atoms. The maximum atomic E-state index is 9.69. The smallest absolute Gasteiger partial charge is 0.151 e. The van der Waals surface area contributed by atoms with Crippen LogP contribution in [-0.4, -0.2) is 23.4 Å². The highest BCUT2D eigenvalue weighted by Gasteiger charge is 2.00. The first-order valence-corrected chi connectivity index (χ1v) is 5.53. The average molecular weight is 242 g/mol. The molecule has 2 aromatic rings. The number of aromatic hydroxyl groups is 1. The topological polar surface area (TPSA) is 54.7 Å². The molecule has 1 aromatic carbocycles. The normalized spacial score (nSPS) is 10.8. The van der Waals surface area contributed by atoms with Gasteiger partial charge in [-0.1, -0.05) is 6.07 Å². The van der Waals surface area contributed by atoms with E-state index in [0.717, 1.165) is 5.56 Å². The summed E-state index contributed by atoms with van der Waals surface area (Å²) in [4.78, 5) is 8.36. The number of ether oxygens (including phenoxy) is 1. The van der Waals surface area contributed by atoms with Crippen LogP contribution in [0.3, 0.4) is 0 Å². The molecule has 2 rings (SSSR count). The molecule has 1 heterocycles. The van der Waals surface area contributed by atoms with Crippen LogP contribution < -0.4 is 4.74 Å². The van der Waals surface area contributed by atoms with E-state index in [0.29, 0.717) is 17.1 Å². The van der Waals surface area contributed by atoms with Gasteiger partial charge in [0.25, 0.3) is 0 Å². The van der Waals surface area contributed by atoms with Crippen molar-refractivity contribution in [2.75, 3.05) is 7.11 Å². The fourth-order valence-corrected chi connectivity index (χ4v) is 1.44. The molecule has 0 fully saturated rings. The predicted molar refractivity (Wildman–Crippen MR) is 70.9 cm³/mol. The summed E-state index contributed by atoms with van der Waals surface area (Å²) >= 11 is 0. The summed E-state index contributed by atoms with van der Waals surface area (Å²) in [6.07, 6.45) is 3.31. The largest absolute Gasteiger partial charge is 0.507 e. The van der Waals surface area contributed by atoms with Crippen LogP contribution in [0.5, 0.6) is 11.5 Å². The summed E-state index contributed by atoms with van der Waals surface area (Å²) in [5.74, 6) is 1.43. The Kier molecular flexibility index (Phi) is 3.57. The maximum Gasteiger partial charge on any atom is 0.151 e. The minimum atomic E-state index is 0.159. The number of aryl methyl sites for hydroxylation is 1. The number of hydrogen-bond acceptors (Lipinski definition) is 4. The first-order valence-electron chi connectivity index (χ1n) is 5.53. The molecule has 0 aliphatic rings. The lowest BCUT2D eigenvalue weighted by atomic mass is 10.2. The van der Waals surface area contributed by atoms with Crippen molar-refractivity contribution in [1.29, 1.82) is 0 Å². The Morgan fingerprint density at radius 3 is 2.78 bits per heavy atom. The maximum absolute atomic E-state index is 9.69. The molecule has 92 valence electrons. The summed E-state index contributed by atoms with van der Waals surface area (Å²) in [6, 6.07) is 8.74. The van der Waals surface area contributed by atoms with Gasteiger partial charge >= 0.3 is 0 Å². The number of aliphatic imine (C=N–C) groups is 1. The van der Waals surface area contributed by atoms with E-state index in [-0.39, 0.29) is 5.75 Å². The Bertz CT molecular complexity index is 563. The van der Waals surface area contributed by atoms with Gasteiger partial charge in [0.15, 0.2) is 5.82 Å². The quantitative estimate of drug-likeness (QED) is 0.842. The number of aromatic nitrogens is 1. The fourth-order valence-electron chi connectivity index (χ4n) is 1.44. The highest BCUT2D eigenvalue weighted by molar-refractivity contribution is 5.85. The van der Waals surface area contributed by atoms with Crippen LogP contribution in [0.4, 0.5) is 5.82 Å². The molecule has 1 N–H and O–H groups in total. The second-order valence-corrected chi connectivity index (χ2v) is 3.88. The molecule has 0 amide bonds. The van der Waals surface area contributed by atoms with Crippen molar-refractivity contribution in [3.05, 3.63) is 47.7 Å². The predicted octanol–water partition coefficient (Wildman–Crippen LogP) is 2.85. The lowest BCUT2D eigenvalue weighted by Gasteiger charge is -2.02. The standard InChI is InChI=1S/C14H14N2O2/c1-10-3-6-14(15-8-10)16-9-11-7-12(18-2)4-5-13(11)17/h3-9,17H,1-2H3. The molecule has 4 heteroatoms. The number of rotatable bonds is 3. The Morgan fingerprint density at radius 2 is 2.11 bits per heavy atom. The van der Waals surface area contributed by atoms with Gasteiger partial charge in [-0.05, 0) is 36.8 Å². The van der Waals surface area contributed by atoms with E-state index in [2.05, 4.69) is 9.98 Å². The van der Waals surface area contributed by atoms with E-state index in [9.17, 15) is 5.11 Å². The minimum absolute atomic E-state index is 0.159. The Hall–Kier alpha value is -2.36. The van der Waals surface area contributed by atoms with Gasteiger partial charge < -0.3 is 9.84 Å². The lowest BCUT2D eigenvalue weighted by molar-refractivity contribution is 0.412. The van der Waals surface area contributed by atoms with Gasteiger partial charge in [0.1, 0.15) is 11.5 Å². The van der Waals surface area contributed by atoms with Crippen LogP contribution in [0.15, 0.2) is 41.5 Å². The van der Waals surface area contributed by atoms with Crippen LogP contribution in [-0.2, 0) is 0 Å². The molecule has 0 aliphatic heterocycles. The Labute approximate surface area is 106 Å². The third-order valence-corrected chi connectivity index (χ3v) is 2.47. The van der Waals surface area contributed by atoms with Crippen molar-refractivity contribution in [3.63, 3.8) is 0 Å².